The molecule has 0 aliphatic heterocycles. The third-order valence-electron chi connectivity index (χ3n) is 3.45. The Kier molecular flexibility index (Phi) is 5.47. The molecule has 5 heteroatoms. The van der Waals surface area contributed by atoms with Gasteiger partial charge in [0.05, 0.1) is 0 Å². The van der Waals surface area contributed by atoms with Gasteiger partial charge in [-0.1, -0.05) is 36.8 Å². The van der Waals surface area contributed by atoms with Crippen molar-refractivity contribution in [2.45, 2.75) is 39.8 Å². The maximum Gasteiger partial charge on any atom is 0.270 e. The fourth-order valence-electron chi connectivity index (χ4n) is 1.99. The first-order valence-corrected chi connectivity index (χ1v) is 7.50. The average molecular weight is 298 g/mol. The van der Waals surface area contributed by atoms with E-state index in [2.05, 4.69) is 45.7 Å². The van der Waals surface area contributed by atoms with Crippen molar-refractivity contribution in [3.05, 3.63) is 53.5 Å². The Labute approximate surface area is 131 Å². The molecule has 0 saturated heterocycles. The highest BCUT2D eigenvalue weighted by Gasteiger charge is 2.10. The normalized spacial score (nSPS) is 11.8. The summed E-state index contributed by atoms with van der Waals surface area (Å²) in [5.41, 5.74) is 2.77. The van der Waals surface area contributed by atoms with Gasteiger partial charge in [0.15, 0.2) is 0 Å². The highest BCUT2D eigenvalue weighted by Crippen LogP contribution is 2.09. The standard InChI is InChI=1S/C17H22N4O/c1-4-13(3)21-17(22)15-9-16(20-11-19-15)18-10-14-7-5-6-12(2)8-14/h5-9,11,13H,4,10H2,1-3H3,(H,21,22)(H,18,19,20). The molecule has 116 valence electrons. The van der Waals surface area contributed by atoms with Crippen LogP contribution >= 0.6 is 0 Å². The first kappa shape index (κ1) is 15.9. The number of aromatic nitrogens is 2. The minimum Gasteiger partial charge on any atom is -0.366 e. The van der Waals surface area contributed by atoms with Gasteiger partial charge >= 0.3 is 0 Å². The number of amides is 1. The van der Waals surface area contributed by atoms with Crippen LogP contribution in [0, 0.1) is 6.92 Å². The molecular formula is C17H22N4O. The van der Waals surface area contributed by atoms with E-state index in [1.165, 1.54) is 17.5 Å². The van der Waals surface area contributed by atoms with E-state index in [4.69, 9.17) is 0 Å². The molecule has 2 rings (SSSR count). The summed E-state index contributed by atoms with van der Waals surface area (Å²) < 4.78 is 0. The lowest BCUT2D eigenvalue weighted by Gasteiger charge is -2.11. The minimum atomic E-state index is -0.171. The van der Waals surface area contributed by atoms with Crippen LogP contribution in [0.4, 0.5) is 5.82 Å². The summed E-state index contributed by atoms with van der Waals surface area (Å²) in [7, 11) is 0. The second-order valence-corrected chi connectivity index (χ2v) is 5.41. The van der Waals surface area contributed by atoms with Gasteiger partial charge in [-0.3, -0.25) is 4.79 Å². The Balaban J connectivity index is 2.00. The first-order valence-electron chi connectivity index (χ1n) is 7.50. The Hall–Kier alpha value is -2.43. The van der Waals surface area contributed by atoms with Crippen LogP contribution < -0.4 is 10.6 Å². The monoisotopic (exact) mass is 298 g/mol. The molecule has 22 heavy (non-hydrogen) atoms. The largest absolute Gasteiger partial charge is 0.366 e. The predicted octanol–water partition coefficient (Wildman–Crippen LogP) is 2.93. The molecule has 0 fully saturated rings. The summed E-state index contributed by atoms with van der Waals surface area (Å²) in [5.74, 6) is 0.473. The van der Waals surface area contributed by atoms with E-state index in [1.807, 2.05) is 19.9 Å². The molecule has 5 nitrogen and oxygen atoms in total. The molecule has 0 aliphatic rings. The SMILES string of the molecule is CCC(C)NC(=O)c1cc(NCc2cccc(C)c2)ncn1. The zero-order chi connectivity index (χ0) is 15.9. The van der Waals surface area contributed by atoms with Crippen molar-refractivity contribution in [1.29, 1.82) is 0 Å². The van der Waals surface area contributed by atoms with E-state index in [1.54, 1.807) is 6.07 Å². The number of carbonyl (C=O) groups excluding carboxylic acids is 1. The molecule has 1 unspecified atom stereocenters. The van der Waals surface area contributed by atoms with Crippen molar-refractivity contribution in [3.63, 3.8) is 0 Å². The van der Waals surface area contributed by atoms with Gasteiger partial charge in [-0.25, -0.2) is 9.97 Å². The first-order chi connectivity index (χ1) is 10.6. The zero-order valence-corrected chi connectivity index (χ0v) is 13.3. The quantitative estimate of drug-likeness (QED) is 0.860. The van der Waals surface area contributed by atoms with Crippen LogP contribution in [0.5, 0.6) is 0 Å². The van der Waals surface area contributed by atoms with Gasteiger partial charge in [-0.2, -0.15) is 0 Å². The van der Waals surface area contributed by atoms with E-state index in [0.29, 0.717) is 18.1 Å². The average Bonchev–Trinajstić information content (AvgIpc) is 2.53. The highest BCUT2D eigenvalue weighted by atomic mass is 16.1. The van der Waals surface area contributed by atoms with Gasteiger partial charge < -0.3 is 10.6 Å². The van der Waals surface area contributed by atoms with Crippen molar-refractivity contribution >= 4 is 11.7 Å². The van der Waals surface area contributed by atoms with Gasteiger partial charge in [0, 0.05) is 18.7 Å². The number of hydrogen-bond acceptors (Lipinski definition) is 4. The molecule has 1 aromatic carbocycles. The summed E-state index contributed by atoms with van der Waals surface area (Å²) in [6.07, 6.45) is 2.29. The van der Waals surface area contributed by atoms with Gasteiger partial charge in [0.2, 0.25) is 0 Å². The molecule has 2 aromatic rings. The lowest BCUT2D eigenvalue weighted by molar-refractivity contribution is 0.0934. The van der Waals surface area contributed by atoms with Crippen LogP contribution in [-0.2, 0) is 6.54 Å². The summed E-state index contributed by atoms with van der Waals surface area (Å²) in [6, 6.07) is 10.1. The summed E-state index contributed by atoms with van der Waals surface area (Å²) in [4.78, 5) is 20.2. The van der Waals surface area contributed by atoms with Crippen LogP contribution in [0.3, 0.4) is 0 Å². The van der Waals surface area contributed by atoms with Crippen molar-refractivity contribution in [2.75, 3.05) is 5.32 Å². The lowest BCUT2D eigenvalue weighted by Crippen LogP contribution is -2.32. The number of carbonyl (C=O) groups is 1. The molecule has 0 spiro atoms. The Morgan fingerprint density at radius 1 is 1.27 bits per heavy atom. The van der Waals surface area contributed by atoms with Gasteiger partial charge in [0.1, 0.15) is 17.8 Å². The summed E-state index contributed by atoms with van der Waals surface area (Å²) in [6.45, 7) is 6.71. The van der Waals surface area contributed by atoms with E-state index in [0.717, 1.165) is 6.42 Å². The number of nitrogens with zero attached hydrogens (tertiary/aromatic N) is 2. The fraction of sp³-hybridized carbons (Fsp3) is 0.353. The van der Waals surface area contributed by atoms with Crippen molar-refractivity contribution in [2.24, 2.45) is 0 Å². The summed E-state index contributed by atoms with van der Waals surface area (Å²) >= 11 is 0. The number of rotatable bonds is 6. The molecular weight excluding hydrogens is 276 g/mol. The van der Waals surface area contributed by atoms with Gasteiger partial charge in [-0.05, 0) is 25.8 Å². The second kappa shape index (κ2) is 7.54. The zero-order valence-electron chi connectivity index (χ0n) is 13.3. The molecule has 0 radical (unpaired) electrons. The topological polar surface area (TPSA) is 66.9 Å². The number of hydrogen-bond donors (Lipinski definition) is 2. The number of nitrogens with one attached hydrogen (secondary N) is 2. The summed E-state index contributed by atoms with van der Waals surface area (Å²) in [5, 5.41) is 6.12. The van der Waals surface area contributed by atoms with E-state index >= 15 is 0 Å². The third kappa shape index (κ3) is 4.55. The van der Waals surface area contributed by atoms with Crippen LogP contribution in [0.1, 0.15) is 41.9 Å². The lowest BCUT2D eigenvalue weighted by atomic mass is 10.1. The third-order valence-corrected chi connectivity index (χ3v) is 3.45. The van der Waals surface area contributed by atoms with E-state index in [9.17, 15) is 4.79 Å². The maximum absolute atomic E-state index is 12.1. The van der Waals surface area contributed by atoms with Crippen molar-refractivity contribution in [3.8, 4) is 0 Å². The van der Waals surface area contributed by atoms with Crippen LogP contribution in [0.25, 0.3) is 0 Å². The molecule has 0 saturated carbocycles. The minimum absolute atomic E-state index is 0.131. The number of aryl methyl sites for hydroxylation is 1. The number of benzene rings is 1. The smallest absolute Gasteiger partial charge is 0.270 e. The van der Waals surface area contributed by atoms with E-state index in [-0.39, 0.29) is 11.9 Å². The highest BCUT2D eigenvalue weighted by molar-refractivity contribution is 5.93. The molecule has 2 N–H and O–H groups in total. The van der Waals surface area contributed by atoms with Gasteiger partial charge in [0.25, 0.3) is 5.91 Å². The van der Waals surface area contributed by atoms with Crippen molar-refractivity contribution < 1.29 is 4.79 Å². The fourth-order valence-corrected chi connectivity index (χ4v) is 1.99. The molecule has 0 bridgehead atoms. The van der Waals surface area contributed by atoms with Crippen LogP contribution in [0.2, 0.25) is 0 Å². The maximum atomic E-state index is 12.1. The van der Waals surface area contributed by atoms with Crippen molar-refractivity contribution in [1.82, 2.24) is 15.3 Å². The molecule has 1 amide bonds. The van der Waals surface area contributed by atoms with Gasteiger partial charge in [-0.15, -0.1) is 0 Å². The molecule has 1 aromatic heterocycles. The van der Waals surface area contributed by atoms with Crippen LogP contribution in [0.15, 0.2) is 36.7 Å². The second-order valence-electron chi connectivity index (χ2n) is 5.41. The predicted molar refractivity (Wildman–Crippen MR) is 87.8 cm³/mol. The number of anilines is 1. The Morgan fingerprint density at radius 3 is 2.82 bits per heavy atom. The Bertz CT molecular complexity index is 642. The molecule has 1 atom stereocenters. The Morgan fingerprint density at radius 2 is 2.09 bits per heavy atom. The van der Waals surface area contributed by atoms with Crippen LogP contribution in [-0.4, -0.2) is 21.9 Å². The molecule has 0 aliphatic carbocycles. The molecule has 1 heterocycles. The van der Waals surface area contributed by atoms with E-state index < -0.39 is 0 Å².